The summed E-state index contributed by atoms with van der Waals surface area (Å²) in [5.41, 5.74) is 3.49. The Kier molecular flexibility index (Phi) is 3.20. The fourth-order valence-corrected chi connectivity index (χ4v) is 1.89. The monoisotopic (exact) mass is 192 g/mol. The molecule has 0 atom stereocenters. The SMILES string of the molecule is Cc1cc(C(C)C)cc(O)c1C(C)C. The molecule has 1 nitrogen and oxygen atoms in total. The van der Waals surface area contributed by atoms with Crippen molar-refractivity contribution in [3.05, 3.63) is 28.8 Å². The lowest BCUT2D eigenvalue weighted by molar-refractivity contribution is 0.462. The van der Waals surface area contributed by atoms with Gasteiger partial charge in [0.25, 0.3) is 0 Å². The van der Waals surface area contributed by atoms with E-state index in [1.807, 2.05) is 6.07 Å². The molecule has 0 saturated carbocycles. The van der Waals surface area contributed by atoms with Gasteiger partial charge in [0, 0.05) is 0 Å². The summed E-state index contributed by atoms with van der Waals surface area (Å²) in [7, 11) is 0. The van der Waals surface area contributed by atoms with E-state index in [1.165, 1.54) is 11.1 Å². The van der Waals surface area contributed by atoms with E-state index in [9.17, 15) is 5.11 Å². The Morgan fingerprint density at radius 2 is 1.57 bits per heavy atom. The molecule has 14 heavy (non-hydrogen) atoms. The topological polar surface area (TPSA) is 20.2 Å². The molecule has 0 spiro atoms. The molecule has 0 saturated heterocycles. The summed E-state index contributed by atoms with van der Waals surface area (Å²) in [5, 5.41) is 9.89. The molecule has 0 aliphatic carbocycles. The summed E-state index contributed by atoms with van der Waals surface area (Å²) in [6, 6.07) is 4.08. The van der Waals surface area contributed by atoms with Crippen LogP contribution in [-0.2, 0) is 0 Å². The maximum atomic E-state index is 9.89. The van der Waals surface area contributed by atoms with E-state index in [-0.39, 0.29) is 0 Å². The summed E-state index contributed by atoms with van der Waals surface area (Å²) in [5.74, 6) is 1.31. The molecule has 0 amide bonds. The minimum atomic E-state index is 0.385. The van der Waals surface area contributed by atoms with Crippen LogP contribution in [0.4, 0.5) is 0 Å². The maximum Gasteiger partial charge on any atom is 0.119 e. The van der Waals surface area contributed by atoms with Crippen molar-refractivity contribution in [2.24, 2.45) is 0 Å². The number of aromatic hydroxyl groups is 1. The van der Waals surface area contributed by atoms with Crippen LogP contribution in [0.25, 0.3) is 0 Å². The summed E-state index contributed by atoms with van der Waals surface area (Å²) in [6.07, 6.45) is 0. The lowest BCUT2D eigenvalue weighted by Gasteiger charge is -2.15. The van der Waals surface area contributed by atoms with E-state index in [4.69, 9.17) is 0 Å². The molecule has 0 aliphatic rings. The third-order valence-corrected chi connectivity index (χ3v) is 2.63. The molecule has 78 valence electrons. The number of phenols is 1. The fourth-order valence-electron chi connectivity index (χ4n) is 1.89. The lowest BCUT2D eigenvalue weighted by Crippen LogP contribution is -1.96. The van der Waals surface area contributed by atoms with Crippen molar-refractivity contribution < 1.29 is 5.11 Å². The number of benzene rings is 1. The van der Waals surface area contributed by atoms with Gasteiger partial charge in [-0.3, -0.25) is 0 Å². The Labute approximate surface area is 86.8 Å². The standard InChI is InChI=1S/C13H20O/c1-8(2)11-6-10(5)13(9(3)4)12(14)7-11/h6-9,14H,1-5H3. The van der Waals surface area contributed by atoms with Crippen LogP contribution in [0.1, 0.15) is 56.2 Å². The van der Waals surface area contributed by atoms with Gasteiger partial charge >= 0.3 is 0 Å². The van der Waals surface area contributed by atoms with Crippen molar-refractivity contribution in [2.75, 3.05) is 0 Å². The minimum absolute atomic E-state index is 0.385. The third-order valence-electron chi connectivity index (χ3n) is 2.63. The average Bonchev–Trinajstić information content (AvgIpc) is 2.01. The molecule has 0 radical (unpaired) electrons. The van der Waals surface area contributed by atoms with Crippen LogP contribution >= 0.6 is 0 Å². The zero-order chi connectivity index (χ0) is 10.9. The third kappa shape index (κ3) is 2.09. The van der Waals surface area contributed by atoms with Gasteiger partial charge in [0.2, 0.25) is 0 Å². The van der Waals surface area contributed by atoms with Gasteiger partial charge in [0.1, 0.15) is 5.75 Å². The molecule has 1 aromatic carbocycles. The van der Waals surface area contributed by atoms with Crippen molar-refractivity contribution >= 4 is 0 Å². The summed E-state index contributed by atoms with van der Waals surface area (Å²) in [6.45, 7) is 10.6. The normalized spacial score (nSPS) is 11.4. The van der Waals surface area contributed by atoms with Crippen LogP contribution < -0.4 is 0 Å². The highest BCUT2D eigenvalue weighted by Gasteiger charge is 2.11. The molecule has 0 aromatic heterocycles. The van der Waals surface area contributed by atoms with E-state index in [0.29, 0.717) is 17.6 Å². The number of hydrogen-bond acceptors (Lipinski definition) is 1. The first kappa shape index (κ1) is 11.1. The Balaban J connectivity index is 3.25. The van der Waals surface area contributed by atoms with Gasteiger partial charge in [0.15, 0.2) is 0 Å². The molecule has 1 aromatic rings. The van der Waals surface area contributed by atoms with E-state index >= 15 is 0 Å². The van der Waals surface area contributed by atoms with Crippen LogP contribution in [0, 0.1) is 6.92 Å². The molecule has 0 bridgehead atoms. The van der Waals surface area contributed by atoms with E-state index in [1.54, 1.807) is 0 Å². The zero-order valence-corrected chi connectivity index (χ0v) is 9.76. The van der Waals surface area contributed by atoms with Crippen molar-refractivity contribution in [3.8, 4) is 5.75 Å². The molecule has 1 N–H and O–H groups in total. The molecule has 1 rings (SSSR count). The predicted octanol–water partition coefficient (Wildman–Crippen LogP) is 3.95. The predicted molar refractivity (Wildman–Crippen MR) is 61.0 cm³/mol. The first-order valence-electron chi connectivity index (χ1n) is 5.27. The van der Waals surface area contributed by atoms with Gasteiger partial charge < -0.3 is 5.11 Å². The largest absolute Gasteiger partial charge is 0.508 e. The van der Waals surface area contributed by atoms with Gasteiger partial charge in [-0.05, 0) is 41.5 Å². The van der Waals surface area contributed by atoms with Crippen molar-refractivity contribution in [1.82, 2.24) is 0 Å². The molecule has 0 fully saturated rings. The van der Waals surface area contributed by atoms with Crippen molar-refractivity contribution in [2.45, 2.75) is 46.5 Å². The van der Waals surface area contributed by atoms with E-state index < -0.39 is 0 Å². The van der Waals surface area contributed by atoms with Gasteiger partial charge in [-0.15, -0.1) is 0 Å². The first-order chi connectivity index (χ1) is 6.43. The molecular weight excluding hydrogens is 172 g/mol. The fraction of sp³-hybridized carbons (Fsp3) is 0.538. The number of phenolic OH excluding ortho intramolecular Hbond substituents is 1. The van der Waals surface area contributed by atoms with Crippen LogP contribution in [0.3, 0.4) is 0 Å². The smallest absolute Gasteiger partial charge is 0.119 e. The van der Waals surface area contributed by atoms with Crippen LogP contribution in [0.5, 0.6) is 5.75 Å². The number of hydrogen-bond donors (Lipinski definition) is 1. The Morgan fingerprint density at radius 3 is 1.93 bits per heavy atom. The molecule has 0 aliphatic heterocycles. The van der Waals surface area contributed by atoms with Crippen LogP contribution in [0.15, 0.2) is 12.1 Å². The minimum Gasteiger partial charge on any atom is -0.508 e. The van der Waals surface area contributed by atoms with Gasteiger partial charge in [-0.2, -0.15) is 0 Å². The highest BCUT2D eigenvalue weighted by atomic mass is 16.3. The van der Waals surface area contributed by atoms with Crippen molar-refractivity contribution in [3.63, 3.8) is 0 Å². The van der Waals surface area contributed by atoms with Crippen LogP contribution in [0.2, 0.25) is 0 Å². The highest BCUT2D eigenvalue weighted by molar-refractivity contribution is 5.45. The van der Waals surface area contributed by atoms with Gasteiger partial charge in [-0.1, -0.05) is 33.8 Å². The quantitative estimate of drug-likeness (QED) is 0.752. The second kappa shape index (κ2) is 4.04. The highest BCUT2D eigenvalue weighted by Crippen LogP contribution is 2.32. The average molecular weight is 192 g/mol. The van der Waals surface area contributed by atoms with Gasteiger partial charge in [0.05, 0.1) is 0 Å². The maximum absolute atomic E-state index is 9.89. The van der Waals surface area contributed by atoms with Crippen LogP contribution in [-0.4, -0.2) is 5.11 Å². The zero-order valence-electron chi connectivity index (χ0n) is 9.76. The van der Waals surface area contributed by atoms with E-state index in [2.05, 4.69) is 40.7 Å². The van der Waals surface area contributed by atoms with Gasteiger partial charge in [-0.25, -0.2) is 0 Å². The molecular formula is C13H20O. The van der Waals surface area contributed by atoms with Crippen molar-refractivity contribution in [1.29, 1.82) is 0 Å². The Morgan fingerprint density at radius 1 is 1.00 bits per heavy atom. The second-order valence-electron chi connectivity index (χ2n) is 4.58. The van der Waals surface area contributed by atoms with E-state index in [0.717, 1.165) is 5.56 Å². The molecule has 0 heterocycles. The number of aryl methyl sites for hydroxylation is 1. The summed E-state index contributed by atoms with van der Waals surface area (Å²) >= 11 is 0. The summed E-state index contributed by atoms with van der Waals surface area (Å²) < 4.78 is 0. The molecule has 0 unspecified atom stereocenters. The number of rotatable bonds is 2. The summed E-state index contributed by atoms with van der Waals surface area (Å²) in [4.78, 5) is 0. The Bertz CT molecular complexity index is 301. The molecule has 1 heteroatoms. The lowest BCUT2D eigenvalue weighted by atomic mass is 9.92. The second-order valence-corrected chi connectivity index (χ2v) is 4.58. The first-order valence-corrected chi connectivity index (χ1v) is 5.27. The Hall–Kier alpha value is -0.980.